The molecule has 2 rings (SSSR count). The maximum Gasteiger partial charge on any atom is 0.310 e. The van der Waals surface area contributed by atoms with Crippen molar-refractivity contribution < 1.29 is 27.3 Å². The topological polar surface area (TPSA) is 158 Å². The molecule has 0 aliphatic carbocycles. The molecule has 1 saturated heterocycles. The highest BCUT2D eigenvalue weighted by atomic mass is 32.2. The van der Waals surface area contributed by atoms with Gasteiger partial charge in [0.2, 0.25) is 10.0 Å². The number of aryl methyl sites for hydroxylation is 2. The third kappa shape index (κ3) is 6.03. The fourth-order valence-electron chi connectivity index (χ4n) is 3.40. The van der Waals surface area contributed by atoms with E-state index >= 15 is 0 Å². The molecule has 1 atom stereocenters. The molecule has 1 fully saturated rings. The largest absolute Gasteiger partial charge is 0.455 e. The summed E-state index contributed by atoms with van der Waals surface area (Å²) in [6.07, 6.45) is 1.10. The summed E-state index contributed by atoms with van der Waals surface area (Å²) in [7, 11) is -3.88. The molecule has 0 aromatic carbocycles. The fraction of sp³-hybridized carbons (Fsp3) is 0.632. The molecular formula is C19H25N5O6S. The van der Waals surface area contributed by atoms with Crippen LogP contribution in [0.25, 0.3) is 0 Å². The second-order valence-corrected chi connectivity index (χ2v) is 9.04. The molecule has 31 heavy (non-hydrogen) atoms. The molecule has 1 unspecified atom stereocenters. The standard InChI is InChI=1S/C19H25N5O6S/c1-14-18(15(2)30-22-14)31(27,28)24-11-3-6-16(12-24)19(26)29-13-17(25)23(9-4-7-20)10-5-8-21/h16H,3-6,9-13H2,1-2H3. The highest BCUT2D eigenvalue weighted by molar-refractivity contribution is 7.89. The Hall–Kier alpha value is -2.96. The van der Waals surface area contributed by atoms with E-state index in [-0.39, 0.29) is 55.4 Å². The van der Waals surface area contributed by atoms with Crippen molar-refractivity contribution in [1.82, 2.24) is 14.4 Å². The SMILES string of the molecule is Cc1noc(C)c1S(=O)(=O)N1CCCC(C(=O)OCC(=O)N(CCC#N)CCC#N)C1. The van der Waals surface area contributed by atoms with E-state index in [4.69, 9.17) is 19.8 Å². The maximum atomic E-state index is 13.0. The van der Waals surface area contributed by atoms with Gasteiger partial charge in [0.15, 0.2) is 12.4 Å². The van der Waals surface area contributed by atoms with Crippen molar-refractivity contribution in [3.63, 3.8) is 0 Å². The van der Waals surface area contributed by atoms with E-state index in [9.17, 15) is 18.0 Å². The van der Waals surface area contributed by atoms with Gasteiger partial charge in [-0.1, -0.05) is 5.16 Å². The first-order chi connectivity index (χ1) is 14.7. The van der Waals surface area contributed by atoms with Crippen LogP contribution in [-0.4, -0.2) is 67.4 Å². The fourth-order valence-corrected chi connectivity index (χ4v) is 5.21. The molecule has 11 nitrogen and oxygen atoms in total. The lowest BCUT2D eigenvalue weighted by molar-refractivity contribution is -0.156. The molecule has 2 heterocycles. The van der Waals surface area contributed by atoms with Gasteiger partial charge in [-0.2, -0.15) is 14.8 Å². The summed E-state index contributed by atoms with van der Waals surface area (Å²) < 4.78 is 37.3. The third-order valence-electron chi connectivity index (χ3n) is 4.96. The van der Waals surface area contributed by atoms with Gasteiger partial charge in [0, 0.05) is 26.2 Å². The summed E-state index contributed by atoms with van der Waals surface area (Å²) >= 11 is 0. The molecule has 1 aromatic rings. The number of amides is 1. The molecule has 0 bridgehead atoms. The van der Waals surface area contributed by atoms with Crippen LogP contribution in [0.15, 0.2) is 9.42 Å². The van der Waals surface area contributed by atoms with Crippen molar-refractivity contribution in [1.29, 1.82) is 10.5 Å². The van der Waals surface area contributed by atoms with E-state index in [1.165, 1.54) is 23.1 Å². The lowest BCUT2D eigenvalue weighted by atomic mass is 10.00. The summed E-state index contributed by atoms with van der Waals surface area (Å²) in [6, 6.07) is 3.85. The normalized spacial score (nSPS) is 16.8. The number of carbonyl (C=O) groups excluding carboxylic acids is 2. The van der Waals surface area contributed by atoms with E-state index in [1.54, 1.807) is 0 Å². The molecular weight excluding hydrogens is 426 g/mol. The molecule has 0 N–H and O–H groups in total. The Balaban J connectivity index is 1.99. The average Bonchev–Trinajstić information content (AvgIpc) is 3.10. The van der Waals surface area contributed by atoms with Gasteiger partial charge in [-0.15, -0.1) is 0 Å². The summed E-state index contributed by atoms with van der Waals surface area (Å²) in [5.74, 6) is -1.69. The van der Waals surface area contributed by atoms with Crippen LogP contribution in [-0.2, 0) is 24.3 Å². The molecule has 1 amide bonds. The van der Waals surface area contributed by atoms with Crippen molar-refractivity contribution in [2.45, 2.75) is 44.4 Å². The number of sulfonamides is 1. The van der Waals surface area contributed by atoms with Crippen LogP contribution in [0.5, 0.6) is 0 Å². The van der Waals surface area contributed by atoms with Crippen LogP contribution in [0.2, 0.25) is 0 Å². The zero-order valence-corrected chi connectivity index (χ0v) is 18.4. The van der Waals surface area contributed by atoms with E-state index in [0.717, 1.165) is 0 Å². The Kier molecular flexibility index (Phi) is 8.54. The number of esters is 1. The summed E-state index contributed by atoms with van der Waals surface area (Å²) in [6.45, 7) is 3.00. The molecule has 1 aliphatic heterocycles. The van der Waals surface area contributed by atoms with Crippen molar-refractivity contribution in [3.05, 3.63) is 11.5 Å². The summed E-state index contributed by atoms with van der Waals surface area (Å²) in [5, 5.41) is 21.1. The number of piperidine rings is 1. The number of carbonyl (C=O) groups is 2. The Morgan fingerprint density at radius 3 is 2.45 bits per heavy atom. The lowest BCUT2D eigenvalue weighted by Crippen LogP contribution is -2.43. The summed E-state index contributed by atoms with van der Waals surface area (Å²) in [5.41, 5.74) is 0.252. The highest BCUT2D eigenvalue weighted by Crippen LogP contribution is 2.28. The van der Waals surface area contributed by atoms with Crippen molar-refractivity contribution in [2.75, 3.05) is 32.8 Å². The van der Waals surface area contributed by atoms with Gasteiger partial charge in [-0.05, 0) is 26.7 Å². The molecule has 1 aliphatic rings. The quantitative estimate of drug-likeness (QED) is 0.497. The van der Waals surface area contributed by atoms with Crippen molar-refractivity contribution in [2.24, 2.45) is 5.92 Å². The minimum Gasteiger partial charge on any atom is -0.455 e. The number of hydrogen-bond donors (Lipinski definition) is 0. The number of hydrogen-bond acceptors (Lipinski definition) is 9. The minimum absolute atomic E-state index is 0.00215. The van der Waals surface area contributed by atoms with Gasteiger partial charge in [-0.25, -0.2) is 8.42 Å². The Bertz CT molecular complexity index is 953. The second kappa shape index (κ2) is 10.9. The minimum atomic E-state index is -3.88. The maximum absolute atomic E-state index is 13.0. The number of nitriles is 2. The van der Waals surface area contributed by atoms with E-state index in [1.807, 2.05) is 12.1 Å². The number of nitrogens with zero attached hydrogens (tertiary/aromatic N) is 5. The van der Waals surface area contributed by atoms with Gasteiger partial charge >= 0.3 is 5.97 Å². The first-order valence-corrected chi connectivity index (χ1v) is 11.3. The predicted molar refractivity (Wildman–Crippen MR) is 105 cm³/mol. The van der Waals surface area contributed by atoms with Crippen LogP contribution in [0.1, 0.15) is 37.1 Å². The lowest BCUT2D eigenvalue weighted by Gasteiger charge is -2.30. The van der Waals surface area contributed by atoms with Crippen LogP contribution in [0.4, 0.5) is 0 Å². The van der Waals surface area contributed by atoms with Crippen LogP contribution in [0.3, 0.4) is 0 Å². The zero-order chi connectivity index (χ0) is 23.0. The molecule has 0 radical (unpaired) electrons. The molecule has 0 saturated carbocycles. The van der Waals surface area contributed by atoms with E-state index < -0.39 is 34.4 Å². The van der Waals surface area contributed by atoms with Crippen molar-refractivity contribution in [3.8, 4) is 12.1 Å². The van der Waals surface area contributed by atoms with Gasteiger partial charge in [-0.3, -0.25) is 9.59 Å². The van der Waals surface area contributed by atoms with Crippen molar-refractivity contribution >= 4 is 21.9 Å². The van der Waals surface area contributed by atoms with Crippen LogP contribution in [0, 0.1) is 42.4 Å². The average molecular weight is 452 g/mol. The number of aromatic nitrogens is 1. The van der Waals surface area contributed by atoms with Gasteiger partial charge < -0.3 is 14.2 Å². The molecule has 1 aromatic heterocycles. The number of rotatable bonds is 9. The third-order valence-corrected chi connectivity index (χ3v) is 7.07. The highest BCUT2D eigenvalue weighted by Gasteiger charge is 2.37. The first kappa shape index (κ1) is 24.3. The molecule has 0 spiro atoms. The van der Waals surface area contributed by atoms with E-state index in [2.05, 4.69) is 5.16 Å². The van der Waals surface area contributed by atoms with Gasteiger partial charge in [0.25, 0.3) is 5.91 Å². The van der Waals surface area contributed by atoms with Gasteiger partial charge in [0.05, 0.1) is 30.9 Å². The van der Waals surface area contributed by atoms with Crippen LogP contribution >= 0.6 is 0 Å². The second-order valence-electron chi connectivity index (χ2n) is 7.16. The summed E-state index contributed by atoms with van der Waals surface area (Å²) in [4.78, 5) is 26.1. The Labute approximate surface area is 181 Å². The number of ether oxygens (including phenoxy) is 1. The monoisotopic (exact) mass is 451 g/mol. The van der Waals surface area contributed by atoms with Crippen LogP contribution < -0.4 is 0 Å². The first-order valence-electron chi connectivity index (χ1n) is 9.83. The predicted octanol–water partition coefficient (Wildman–Crippen LogP) is 0.891. The van der Waals surface area contributed by atoms with Gasteiger partial charge in [0.1, 0.15) is 10.6 Å². The molecule has 12 heteroatoms. The Morgan fingerprint density at radius 1 is 1.26 bits per heavy atom. The van der Waals surface area contributed by atoms with E-state index in [0.29, 0.717) is 12.8 Å². The smallest absolute Gasteiger partial charge is 0.310 e. The Morgan fingerprint density at radius 2 is 1.90 bits per heavy atom. The molecule has 168 valence electrons. The zero-order valence-electron chi connectivity index (χ0n) is 17.5.